The van der Waals surface area contributed by atoms with Crippen LogP contribution < -0.4 is 9.64 Å². The van der Waals surface area contributed by atoms with E-state index in [-0.39, 0.29) is 0 Å². The van der Waals surface area contributed by atoms with Crippen molar-refractivity contribution in [1.29, 1.82) is 0 Å². The van der Waals surface area contributed by atoms with Crippen LogP contribution in [0.3, 0.4) is 0 Å². The van der Waals surface area contributed by atoms with Crippen LogP contribution in [0.15, 0.2) is 24.3 Å². The Morgan fingerprint density at radius 2 is 1.83 bits per heavy atom. The standard InChI is InChI=1S/C17H20N2O2.C2H6/c1-11-7-17(20-2)15-8-12(3-6-16(15)18-11)19-9-13-4-5-14(10-19)21-13;1-2/h3,6-8,13-14H,4-5,9-10H2,1-2H3;1-2H3. The van der Waals surface area contributed by atoms with Crippen molar-refractivity contribution >= 4 is 16.6 Å². The number of pyridine rings is 1. The van der Waals surface area contributed by atoms with Gasteiger partial charge < -0.3 is 14.4 Å². The van der Waals surface area contributed by atoms with Gasteiger partial charge in [0.25, 0.3) is 0 Å². The molecule has 2 fully saturated rings. The van der Waals surface area contributed by atoms with Crippen LogP contribution in [0.2, 0.25) is 0 Å². The molecule has 0 amide bonds. The number of fused-ring (bicyclic) bond motifs is 3. The van der Waals surface area contributed by atoms with Gasteiger partial charge in [0.05, 0.1) is 24.8 Å². The summed E-state index contributed by atoms with van der Waals surface area (Å²) in [5.41, 5.74) is 3.22. The van der Waals surface area contributed by atoms with Gasteiger partial charge in [-0.15, -0.1) is 0 Å². The third kappa shape index (κ3) is 3.13. The van der Waals surface area contributed by atoms with Crippen molar-refractivity contribution in [2.75, 3.05) is 25.1 Å². The lowest BCUT2D eigenvalue weighted by Gasteiger charge is -2.34. The Morgan fingerprint density at radius 3 is 2.48 bits per heavy atom. The highest BCUT2D eigenvalue weighted by Crippen LogP contribution is 2.33. The molecule has 0 aliphatic carbocycles. The molecule has 0 spiro atoms. The molecule has 2 saturated heterocycles. The number of ether oxygens (including phenoxy) is 2. The number of anilines is 1. The molecule has 1 aromatic heterocycles. The Labute approximate surface area is 138 Å². The summed E-state index contributed by atoms with van der Waals surface area (Å²) in [6.45, 7) is 7.97. The Bertz CT molecular complexity index is 674. The number of rotatable bonds is 2. The quantitative estimate of drug-likeness (QED) is 0.841. The van der Waals surface area contributed by atoms with Gasteiger partial charge >= 0.3 is 0 Å². The number of hydrogen-bond donors (Lipinski definition) is 0. The first kappa shape index (κ1) is 16.1. The molecular weight excluding hydrogens is 288 g/mol. The third-order valence-corrected chi connectivity index (χ3v) is 4.51. The van der Waals surface area contributed by atoms with Crippen LogP contribution >= 0.6 is 0 Å². The SMILES string of the molecule is CC.COc1cc(C)nc2ccc(N3CC4CCC(C3)O4)cc12. The summed E-state index contributed by atoms with van der Waals surface area (Å²) in [6.07, 6.45) is 3.19. The van der Waals surface area contributed by atoms with E-state index in [1.165, 1.54) is 18.5 Å². The molecule has 2 aliphatic rings. The molecule has 2 bridgehead atoms. The van der Waals surface area contributed by atoms with Gasteiger partial charge in [0.15, 0.2) is 0 Å². The fourth-order valence-corrected chi connectivity index (χ4v) is 3.50. The maximum atomic E-state index is 5.92. The van der Waals surface area contributed by atoms with E-state index >= 15 is 0 Å². The Kier molecular flexibility index (Phi) is 4.71. The largest absolute Gasteiger partial charge is 0.496 e. The first-order chi connectivity index (χ1) is 11.2. The van der Waals surface area contributed by atoms with Crippen LogP contribution in [0, 0.1) is 6.92 Å². The van der Waals surface area contributed by atoms with Gasteiger partial charge in [0, 0.05) is 35.9 Å². The van der Waals surface area contributed by atoms with Crippen molar-refractivity contribution in [3.8, 4) is 5.75 Å². The molecule has 0 N–H and O–H groups in total. The molecule has 3 heterocycles. The zero-order chi connectivity index (χ0) is 16.4. The smallest absolute Gasteiger partial charge is 0.130 e. The van der Waals surface area contributed by atoms with Crippen LogP contribution in [-0.4, -0.2) is 37.4 Å². The predicted octanol–water partition coefficient (Wildman–Crippen LogP) is 3.95. The first-order valence-corrected chi connectivity index (χ1v) is 8.59. The van der Waals surface area contributed by atoms with Gasteiger partial charge in [0.1, 0.15) is 5.75 Å². The maximum Gasteiger partial charge on any atom is 0.130 e. The number of hydrogen-bond acceptors (Lipinski definition) is 4. The Balaban J connectivity index is 0.000000753. The lowest BCUT2D eigenvalue weighted by molar-refractivity contribution is 0.0305. The molecule has 1 aromatic carbocycles. The predicted molar refractivity (Wildman–Crippen MR) is 94.5 cm³/mol. The van der Waals surface area contributed by atoms with E-state index in [2.05, 4.69) is 28.1 Å². The molecule has 124 valence electrons. The van der Waals surface area contributed by atoms with Crippen molar-refractivity contribution in [2.45, 2.75) is 45.8 Å². The summed E-state index contributed by atoms with van der Waals surface area (Å²) in [5, 5.41) is 1.08. The molecule has 0 saturated carbocycles. The van der Waals surface area contributed by atoms with Crippen LogP contribution in [0.4, 0.5) is 5.69 Å². The number of morpholine rings is 1. The van der Waals surface area contributed by atoms with Gasteiger partial charge in [-0.1, -0.05) is 13.8 Å². The van der Waals surface area contributed by atoms with Gasteiger partial charge in [0.2, 0.25) is 0 Å². The van der Waals surface area contributed by atoms with E-state index < -0.39 is 0 Å². The van der Waals surface area contributed by atoms with Gasteiger partial charge in [-0.05, 0) is 38.0 Å². The number of aromatic nitrogens is 1. The molecule has 0 radical (unpaired) electrons. The van der Waals surface area contributed by atoms with E-state index in [9.17, 15) is 0 Å². The number of methoxy groups -OCH3 is 1. The minimum Gasteiger partial charge on any atom is -0.496 e. The second-order valence-corrected chi connectivity index (χ2v) is 6.03. The minimum atomic E-state index is 0.400. The fourth-order valence-electron chi connectivity index (χ4n) is 3.50. The normalized spacial score (nSPS) is 22.7. The molecule has 4 heteroatoms. The highest BCUT2D eigenvalue weighted by Gasteiger charge is 2.33. The maximum absolute atomic E-state index is 5.92. The van der Waals surface area contributed by atoms with Gasteiger partial charge in [-0.25, -0.2) is 0 Å². The number of nitrogens with zero attached hydrogens (tertiary/aromatic N) is 2. The molecular formula is C19H26N2O2. The van der Waals surface area contributed by atoms with E-state index in [0.717, 1.165) is 35.4 Å². The topological polar surface area (TPSA) is 34.6 Å². The summed E-state index contributed by atoms with van der Waals surface area (Å²) in [4.78, 5) is 7.02. The van der Waals surface area contributed by atoms with Gasteiger partial charge in [-0.2, -0.15) is 0 Å². The molecule has 2 aliphatic heterocycles. The van der Waals surface area contributed by atoms with Crippen LogP contribution in [0.5, 0.6) is 5.75 Å². The van der Waals surface area contributed by atoms with E-state index in [1.807, 2.05) is 26.8 Å². The molecule has 4 rings (SSSR count). The van der Waals surface area contributed by atoms with E-state index in [4.69, 9.17) is 9.47 Å². The van der Waals surface area contributed by atoms with Gasteiger partial charge in [-0.3, -0.25) is 4.98 Å². The lowest BCUT2D eigenvalue weighted by Crippen LogP contribution is -2.42. The first-order valence-electron chi connectivity index (χ1n) is 8.59. The van der Waals surface area contributed by atoms with Crippen LogP contribution in [-0.2, 0) is 4.74 Å². The van der Waals surface area contributed by atoms with Crippen molar-refractivity contribution in [2.24, 2.45) is 0 Å². The number of aryl methyl sites for hydroxylation is 1. The highest BCUT2D eigenvalue weighted by atomic mass is 16.5. The lowest BCUT2D eigenvalue weighted by atomic mass is 10.1. The molecule has 4 nitrogen and oxygen atoms in total. The number of benzene rings is 1. The Hall–Kier alpha value is -1.81. The summed E-state index contributed by atoms with van der Waals surface area (Å²) in [6, 6.07) is 8.46. The average Bonchev–Trinajstić information content (AvgIpc) is 2.93. The second-order valence-electron chi connectivity index (χ2n) is 6.03. The van der Waals surface area contributed by atoms with Crippen LogP contribution in [0.1, 0.15) is 32.4 Å². The molecule has 23 heavy (non-hydrogen) atoms. The monoisotopic (exact) mass is 314 g/mol. The summed E-state index contributed by atoms with van der Waals surface area (Å²) in [5.74, 6) is 0.899. The summed E-state index contributed by atoms with van der Waals surface area (Å²) < 4.78 is 11.4. The summed E-state index contributed by atoms with van der Waals surface area (Å²) in [7, 11) is 1.72. The van der Waals surface area contributed by atoms with Crippen molar-refractivity contribution in [1.82, 2.24) is 4.98 Å². The van der Waals surface area contributed by atoms with E-state index in [0.29, 0.717) is 12.2 Å². The molecule has 2 aromatic rings. The zero-order valence-electron chi connectivity index (χ0n) is 14.5. The van der Waals surface area contributed by atoms with E-state index in [1.54, 1.807) is 7.11 Å². The highest BCUT2D eigenvalue weighted by molar-refractivity contribution is 5.88. The molecule has 2 atom stereocenters. The average molecular weight is 314 g/mol. The van der Waals surface area contributed by atoms with Crippen molar-refractivity contribution < 1.29 is 9.47 Å². The Morgan fingerprint density at radius 1 is 1.13 bits per heavy atom. The molecule has 2 unspecified atom stereocenters. The second kappa shape index (κ2) is 6.75. The summed E-state index contributed by atoms with van der Waals surface area (Å²) >= 11 is 0. The third-order valence-electron chi connectivity index (χ3n) is 4.51. The zero-order valence-corrected chi connectivity index (χ0v) is 14.5. The van der Waals surface area contributed by atoms with Crippen LogP contribution in [0.25, 0.3) is 10.9 Å². The minimum absolute atomic E-state index is 0.400. The fraction of sp³-hybridized carbons (Fsp3) is 0.526. The van der Waals surface area contributed by atoms with Crippen molar-refractivity contribution in [3.63, 3.8) is 0 Å². The van der Waals surface area contributed by atoms with Crippen molar-refractivity contribution in [3.05, 3.63) is 30.0 Å².